The van der Waals surface area contributed by atoms with Crippen LogP contribution in [0.4, 0.5) is 16.2 Å². The second kappa shape index (κ2) is 8.30. The second-order valence-corrected chi connectivity index (χ2v) is 7.88. The first-order valence-corrected chi connectivity index (χ1v) is 10.6. The number of anilines is 1. The van der Waals surface area contributed by atoms with Gasteiger partial charge in [-0.25, -0.2) is 4.79 Å². The number of para-hydroxylation sites is 1. The van der Waals surface area contributed by atoms with Crippen molar-refractivity contribution in [3.05, 3.63) is 76.6 Å². The Labute approximate surface area is 189 Å². The van der Waals surface area contributed by atoms with Crippen LogP contribution in [0.3, 0.4) is 0 Å². The molecular weight excluding hydrogens is 422 g/mol. The highest BCUT2D eigenvalue weighted by molar-refractivity contribution is 5.92. The number of nitro groups is 1. The Kier molecular flexibility index (Phi) is 5.17. The SMILES string of the molecule is Cc1cc(N2CCN(C(=O)n3ncc(-c4ccc([N+](=O)[O-])cc4)n3)CC2)c2ccccc2n1. The lowest BCUT2D eigenvalue weighted by Crippen LogP contribution is -2.50. The van der Waals surface area contributed by atoms with E-state index in [2.05, 4.69) is 32.2 Å². The predicted molar refractivity (Wildman–Crippen MR) is 123 cm³/mol. The van der Waals surface area contributed by atoms with E-state index in [4.69, 9.17) is 0 Å². The van der Waals surface area contributed by atoms with Gasteiger partial charge in [0.2, 0.25) is 0 Å². The lowest BCUT2D eigenvalue weighted by molar-refractivity contribution is -0.384. The van der Waals surface area contributed by atoms with E-state index in [0.717, 1.165) is 27.1 Å². The van der Waals surface area contributed by atoms with Crippen LogP contribution in [0.15, 0.2) is 60.8 Å². The maximum absolute atomic E-state index is 12.9. The van der Waals surface area contributed by atoms with Gasteiger partial charge in [-0.05, 0) is 31.2 Å². The van der Waals surface area contributed by atoms with Gasteiger partial charge in [-0.1, -0.05) is 23.0 Å². The Balaban J connectivity index is 1.28. The van der Waals surface area contributed by atoms with Crippen LogP contribution in [0.5, 0.6) is 0 Å². The first kappa shape index (κ1) is 20.6. The number of carbonyl (C=O) groups excluding carboxylic acids is 1. The normalized spacial score (nSPS) is 14.0. The summed E-state index contributed by atoms with van der Waals surface area (Å²) in [4.78, 5) is 33.0. The van der Waals surface area contributed by atoms with Gasteiger partial charge in [-0.2, -0.15) is 5.10 Å². The summed E-state index contributed by atoms with van der Waals surface area (Å²) in [5.41, 5.74) is 4.19. The molecule has 166 valence electrons. The average molecular weight is 443 g/mol. The number of piperazine rings is 1. The highest BCUT2D eigenvalue weighted by Gasteiger charge is 2.25. The second-order valence-electron chi connectivity index (χ2n) is 7.88. The molecule has 5 rings (SSSR count). The van der Waals surface area contributed by atoms with Gasteiger partial charge in [0.1, 0.15) is 5.69 Å². The number of carbonyl (C=O) groups is 1. The van der Waals surface area contributed by atoms with Crippen molar-refractivity contribution in [2.45, 2.75) is 6.92 Å². The monoisotopic (exact) mass is 443 g/mol. The smallest absolute Gasteiger partial charge is 0.362 e. The van der Waals surface area contributed by atoms with Crippen LogP contribution in [-0.4, -0.2) is 62.0 Å². The van der Waals surface area contributed by atoms with E-state index in [-0.39, 0.29) is 11.7 Å². The molecule has 1 amide bonds. The van der Waals surface area contributed by atoms with Gasteiger partial charge in [0.05, 0.1) is 16.6 Å². The molecule has 0 aliphatic carbocycles. The molecule has 3 heterocycles. The molecule has 2 aromatic carbocycles. The number of aryl methyl sites for hydroxylation is 1. The van der Waals surface area contributed by atoms with Crippen molar-refractivity contribution in [2.24, 2.45) is 0 Å². The molecule has 2 aromatic heterocycles. The number of fused-ring (bicyclic) bond motifs is 1. The summed E-state index contributed by atoms with van der Waals surface area (Å²) >= 11 is 0. The highest BCUT2D eigenvalue weighted by atomic mass is 16.6. The Bertz CT molecular complexity index is 1340. The standard InChI is InChI=1S/C23H21N7O3/c1-16-14-22(19-4-2-3-5-20(19)25-16)27-10-12-28(13-11-27)23(31)29-24-15-21(26-29)17-6-8-18(9-7-17)30(32)33/h2-9,14-15H,10-13H2,1H3. The fraction of sp³-hybridized carbons (Fsp3) is 0.217. The van der Waals surface area contributed by atoms with Gasteiger partial charge in [-0.3, -0.25) is 15.1 Å². The summed E-state index contributed by atoms with van der Waals surface area (Å²) in [6, 6.07) is 15.9. The van der Waals surface area contributed by atoms with Gasteiger partial charge in [0.25, 0.3) is 5.69 Å². The van der Waals surface area contributed by atoms with E-state index >= 15 is 0 Å². The molecule has 0 spiro atoms. The minimum Gasteiger partial charge on any atom is -0.367 e. The third kappa shape index (κ3) is 3.98. The first-order valence-electron chi connectivity index (χ1n) is 10.6. The Morgan fingerprint density at radius 1 is 1.03 bits per heavy atom. The largest absolute Gasteiger partial charge is 0.367 e. The van der Waals surface area contributed by atoms with Crippen molar-refractivity contribution in [3.63, 3.8) is 0 Å². The van der Waals surface area contributed by atoms with Gasteiger partial charge in [-0.15, -0.1) is 5.10 Å². The van der Waals surface area contributed by atoms with Gasteiger partial charge in [0, 0.05) is 60.6 Å². The molecule has 0 bridgehead atoms. The van der Waals surface area contributed by atoms with Crippen LogP contribution in [0, 0.1) is 17.0 Å². The van der Waals surface area contributed by atoms with Crippen molar-refractivity contribution in [1.29, 1.82) is 0 Å². The Hall–Kier alpha value is -4.34. The van der Waals surface area contributed by atoms with E-state index < -0.39 is 4.92 Å². The molecule has 4 aromatic rings. The molecule has 1 fully saturated rings. The number of aromatic nitrogens is 4. The predicted octanol–water partition coefficient (Wildman–Crippen LogP) is 3.50. The summed E-state index contributed by atoms with van der Waals surface area (Å²) in [5.74, 6) is 0. The van der Waals surface area contributed by atoms with Crippen LogP contribution in [0.25, 0.3) is 22.2 Å². The van der Waals surface area contributed by atoms with Crippen LogP contribution >= 0.6 is 0 Å². The topological polar surface area (TPSA) is 110 Å². The summed E-state index contributed by atoms with van der Waals surface area (Å²) in [5, 5.41) is 20.3. The van der Waals surface area contributed by atoms with Crippen LogP contribution in [0.1, 0.15) is 5.69 Å². The van der Waals surface area contributed by atoms with E-state index in [1.807, 2.05) is 25.1 Å². The number of amides is 1. The molecule has 1 aliphatic heterocycles. The Morgan fingerprint density at radius 2 is 1.76 bits per heavy atom. The lowest BCUT2D eigenvalue weighted by Gasteiger charge is -2.36. The van der Waals surface area contributed by atoms with Crippen molar-refractivity contribution >= 4 is 28.3 Å². The van der Waals surface area contributed by atoms with E-state index in [1.165, 1.54) is 18.3 Å². The lowest BCUT2D eigenvalue weighted by atomic mass is 10.1. The third-order valence-electron chi connectivity index (χ3n) is 5.75. The number of pyridine rings is 1. The van der Waals surface area contributed by atoms with Crippen molar-refractivity contribution in [2.75, 3.05) is 31.1 Å². The fourth-order valence-corrected chi connectivity index (χ4v) is 4.05. The molecule has 1 saturated heterocycles. The molecular formula is C23H21N7O3. The molecule has 33 heavy (non-hydrogen) atoms. The maximum atomic E-state index is 12.9. The van der Waals surface area contributed by atoms with Crippen LogP contribution in [-0.2, 0) is 0 Å². The zero-order valence-corrected chi connectivity index (χ0v) is 18.0. The number of benzene rings is 2. The number of nitrogens with zero attached hydrogens (tertiary/aromatic N) is 7. The minimum absolute atomic E-state index is 0.00254. The minimum atomic E-state index is -0.458. The zero-order chi connectivity index (χ0) is 22.9. The van der Waals surface area contributed by atoms with Crippen molar-refractivity contribution in [1.82, 2.24) is 24.9 Å². The van der Waals surface area contributed by atoms with Gasteiger partial charge >= 0.3 is 6.03 Å². The van der Waals surface area contributed by atoms with E-state index in [1.54, 1.807) is 17.0 Å². The number of non-ortho nitro benzene ring substituents is 1. The van der Waals surface area contributed by atoms with Crippen LogP contribution < -0.4 is 4.90 Å². The first-order chi connectivity index (χ1) is 16.0. The number of nitro benzene ring substituents is 1. The number of hydrogen-bond donors (Lipinski definition) is 0. The average Bonchev–Trinajstić information content (AvgIpc) is 3.33. The Morgan fingerprint density at radius 3 is 2.48 bits per heavy atom. The maximum Gasteiger partial charge on any atom is 0.362 e. The quantitative estimate of drug-likeness (QED) is 0.352. The van der Waals surface area contributed by atoms with E-state index in [9.17, 15) is 14.9 Å². The number of hydrogen-bond acceptors (Lipinski definition) is 7. The van der Waals surface area contributed by atoms with Gasteiger partial charge < -0.3 is 9.80 Å². The summed E-state index contributed by atoms with van der Waals surface area (Å²) in [6.45, 7) is 4.46. The zero-order valence-electron chi connectivity index (χ0n) is 18.0. The van der Waals surface area contributed by atoms with Crippen LogP contribution in [0.2, 0.25) is 0 Å². The molecule has 0 N–H and O–H groups in total. The summed E-state index contributed by atoms with van der Waals surface area (Å²) in [7, 11) is 0. The summed E-state index contributed by atoms with van der Waals surface area (Å²) in [6.07, 6.45) is 1.49. The molecule has 0 saturated carbocycles. The molecule has 0 atom stereocenters. The van der Waals surface area contributed by atoms with Crippen molar-refractivity contribution in [3.8, 4) is 11.3 Å². The molecule has 0 radical (unpaired) electrons. The molecule has 0 unspecified atom stereocenters. The van der Waals surface area contributed by atoms with Gasteiger partial charge in [0.15, 0.2) is 0 Å². The third-order valence-corrected chi connectivity index (χ3v) is 5.75. The van der Waals surface area contributed by atoms with Crippen molar-refractivity contribution < 1.29 is 9.72 Å². The molecule has 10 heteroatoms. The fourth-order valence-electron chi connectivity index (χ4n) is 4.05. The molecule has 10 nitrogen and oxygen atoms in total. The van der Waals surface area contributed by atoms with E-state index in [0.29, 0.717) is 37.4 Å². The highest BCUT2D eigenvalue weighted by Crippen LogP contribution is 2.27. The molecule has 1 aliphatic rings. The number of rotatable bonds is 3. The summed E-state index contributed by atoms with van der Waals surface area (Å²) < 4.78 is 0.